The first-order valence-electron chi connectivity index (χ1n) is 6.34. The number of piperazine rings is 1. The van der Waals surface area contributed by atoms with Crippen LogP contribution in [0, 0.1) is 0 Å². The summed E-state index contributed by atoms with van der Waals surface area (Å²) in [7, 11) is 0. The van der Waals surface area contributed by atoms with Gasteiger partial charge in [0.15, 0.2) is 0 Å². The molecule has 0 aromatic carbocycles. The molecule has 2 heteroatoms. The Hall–Kier alpha value is -0.0800. The maximum atomic E-state index is 3.64. The highest BCUT2D eigenvalue weighted by Crippen LogP contribution is 2.27. The van der Waals surface area contributed by atoms with Crippen LogP contribution in [0.2, 0.25) is 0 Å². The second-order valence-electron chi connectivity index (χ2n) is 6.15. The second kappa shape index (κ2) is 4.42. The first kappa shape index (κ1) is 13.0. The topological polar surface area (TPSA) is 15.3 Å². The molecule has 0 radical (unpaired) electrons. The van der Waals surface area contributed by atoms with E-state index in [-0.39, 0.29) is 5.54 Å². The van der Waals surface area contributed by atoms with E-state index in [9.17, 15) is 0 Å². The maximum Gasteiger partial charge on any atom is 0.0281 e. The first-order chi connectivity index (χ1) is 6.82. The van der Waals surface area contributed by atoms with Crippen molar-refractivity contribution in [3.8, 4) is 0 Å². The molecule has 1 saturated heterocycles. The van der Waals surface area contributed by atoms with Crippen LogP contribution in [0.1, 0.15) is 54.4 Å². The molecule has 0 spiro atoms. The summed E-state index contributed by atoms with van der Waals surface area (Å²) in [6.07, 6.45) is 2.52. The standard InChI is InChI=1S/C13H28N2/c1-7-11(8-2)15-10-12(3,4)14-9-13(15,5)6/h11,14H,7-10H2,1-6H3. The summed E-state index contributed by atoms with van der Waals surface area (Å²) in [5, 5.41) is 3.64. The van der Waals surface area contributed by atoms with Gasteiger partial charge in [0, 0.05) is 30.2 Å². The van der Waals surface area contributed by atoms with Crippen LogP contribution >= 0.6 is 0 Å². The van der Waals surface area contributed by atoms with Crippen LogP contribution in [-0.4, -0.2) is 35.1 Å². The van der Waals surface area contributed by atoms with Crippen molar-refractivity contribution in [2.75, 3.05) is 13.1 Å². The molecule has 15 heavy (non-hydrogen) atoms. The van der Waals surface area contributed by atoms with Crippen molar-refractivity contribution < 1.29 is 0 Å². The van der Waals surface area contributed by atoms with Gasteiger partial charge in [0.2, 0.25) is 0 Å². The molecule has 0 aliphatic carbocycles. The fourth-order valence-electron chi connectivity index (χ4n) is 2.61. The number of nitrogens with zero attached hydrogens (tertiary/aromatic N) is 1. The predicted octanol–water partition coefficient (Wildman–Crippen LogP) is 2.64. The van der Waals surface area contributed by atoms with Crippen LogP contribution < -0.4 is 5.32 Å². The van der Waals surface area contributed by atoms with Gasteiger partial charge >= 0.3 is 0 Å². The van der Waals surface area contributed by atoms with Gasteiger partial charge in [0.1, 0.15) is 0 Å². The molecule has 0 aromatic heterocycles. The van der Waals surface area contributed by atoms with Crippen LogP contribution in [0.25, 0.3) is 0 Å². The summed E-state index contributed by atoms with van der Waals surface area (Å²) >= 11 is 0. The summed E-state index contributed by atoms with van der Waals surface area (Å²) < 4.78 is 0. The summed E-state index contributed by atoms with van der Waals surface area (Å²) in [5.41, 5.74) is 0.560. The smallest absolute Gasteiger partial charge is 0.0281 e. The summed E-state index contributed by atoms with van der Waals surface area (Å²) in [5.74, 6) is 0. The predicted molar refractivity (Wildman–Crippen MR) is 67.2 cm³/mol. The van der Waals surface area contributed by atoms with E-state index in [2.05, 4.69) is 51.8 Å². The van der Waals surface area contributed by atoms with E-state index in [0.717, 1.165) is 19.1 Å². The third kappa shape index (κ3) is 2.94. The van der Waals surface area contributed by atoms with Crippen molar-refractivity contribution >= 4 is 0 Å². The van der Waals surface area contributed by atoms with Crippen molar-refractivity contribution in [3.63, 3.8) is 0 Å². The number of rotatable bonds is 3. The minimum atomic E-state index is 0.262. The Labute approximate surface area is 95.4 Å². The van der Waals surface area contributed by atoms with E-state index in [4.69, 9.17) is 0 Å². The van der Waals surface area contributed by atoms with E-state index in [1.807, 2.05) is 0 Å². The monoisotopic (exact) mass is 212 g/mol. The molecule has 1 fully saturated rings. The lowest BCUT2D eigenvalue weighted by Gasteiger charge is -2.52. The number of hydrogen-bond donors (Lipinski definition) is 1. The van der Waals surface area contributed by atoms with Gasteiger partial charge in [-0.15, -0.1) is 0 Å². The zero-order valence-corrected chi connectivity index (χ0v) is 11.4. The molecule has 0 amide bonds. The van der Waals surface area contributed by atoms with Crippen LogP contribution in [0.15, 0.2) is 0 Å². The fourth-order valence-corrected chi connectivity index (χ4v) is 2.61. The Balaban J connectivity index is 2.80. The Morgan fingerprint density at radius 3 is 2.13 bits per heavy atom. The molecule has 0 saturated carbocycles. The van der Waals surface area contributed by atoms with E-state index in [1.165, 1.54) is 12.8 Å². The van der Waals surface area contributed by atoms with Gasteiger partial charge in [0.05, 0.1) is 0 Å². The molecule has 0 aromatic rings. The van der Waals surface area contributed by atoms with Gasteiger partial charge in [0.25, 0.3) is 0 Å². The van der Waals surface area contributed by atoms with Crippen molar-refractivity contribution in [3.05, 3.63) is 0 Å². The second-order valence-corrected chi connectivity index (χ2v) is 6.15. The third-order valence-electron chi connectivity index (χ3n) is 3.73. The lowest BCUT2D eigenvalue weighted by atomic mass is 9.88. The van der Waals surface area contributed by atoms with Gasteiger partial charge in [-0.05, 0) is 40.5 Å². The molecule has 1 rings (SSSR count). The molecular weight excluding hydrogens is 184 g/mol. The Morgan fingerprint density at radius 1 is 1.13 bits per heavy atom. The van der Waals surface area contributed by atoms with Crippen molar-refractivity contribution in [2.24, 2.45) is 0 Å². The Morgan fingerprint density at radius 2 is 1.67 bits per heavy atom. The minimum absolute atomic E-state index is 0.262. The Kier molecular flexibility index (Phi) is 3.83. The molecule has 1 aliphatic rings. The summed E-state index contributed by atoms with van der Waals surface area (Å²) in [4.78, 5) is 2.70. The molecule has 1 aliphatic heterocycles. The van der Waals surface area contributed by atoms with Gasteiger partial charge in [-0.3, -0.25) is 4.90 Å². The van der Waals surface area contributed by atoms with Crippen LogP contribution in [-0.2, 0) is 0 Å². The highest BCUT2D eigenvalue weighted by molar-refractivity contribution is 4.99. The lowest BCUT2D eigenvalue weighted by molar-refractivity contribution is -0.0000550. The molecule has 1 N–H and O–H groups in total. The number of nitrogens with one attached hydrogen (secondary N) is 1. The van der Waals surface area contributed by atoms with E-state index in [0.29, 0.717) is 5.54 Å². The van der Waals surface area contributed by atoms with Crippen molar-refractivity contribution in [2.45, 2.75) is 71.5 Å². The lowest BCUT2D eigenvalue weighted by Crippen LogP contribution is -2.68. The molecular formula is C13H28N2. The fraction of sp³-hybridized carbons (Fsp3) is 1.00. The minimum Gasteiger partial charge on any atom is -0.309 e. The van der Waals surface area contributed by atoms with Gasteiger partial charge in [-0.2, -0.15) is 0 Å². The average Bonchev–Trinajstić information content (AvgIpc) is 2.14. The molecule has 0 bridgehead atoms. The summed E-state index contributed by atoms with van der Waals surface area (Å²) in [6, 6.07) is 0.737. The van der Waals surface area contributed by atoms with Crippen LogP contribution in [0.3, 0.4) is 0 Å². The Bertz CT molecular complexity index is 205. The molecule has 90 valence electrons. The van der Waals surface area contributed by atoms with Crippen LogP contribution in [0.4, 0.5) is 0 Å². The molecule has 0 unspecified atom stereocenters. The van der Waals surface area contributed by atoms with E-state index in [1.54, 1.807) is 0 Å². The molecule has 0 atom stereocenters. The quantitative estimate of drug-likeness (QED) is 0.773. The zero-order valence-electron chi connectivity index (χ0n) is 11.4. The zero-order chi connectivity index (χ0) is 11.7. The van der Waals surface area contributed by atoms with E-state index >= 15 is 0 Å². The molecule has 1 heterocycles. The van der Waals surface area contributed by atoms with E-state index < -0.39 is 0 Å². The normalized spacial score (nSPS) is 25.8. The van der Waals surface area contributed by atoms with Gasteiger partial charge < -0.3 is 5.32 Å². The van der Waals surface area contributed by atoms with Crippen LogP contribution in [0.5, 0.6) is 0 Å². The van der Waals surface area contributed by atoms with Crippen molar-refractivity contribution in [1.29, 1.82) is 0 Å². The third-order valence-corrected chi connectivity index (χ3v) is 3.73. The van der Waals surface area contributed by atoms with Gasteiger partial charge in [-0.25, -0.2) is 0 Å². The van der Waals surface area contributed by atoms with Gasteiger partial charge in [-0.1, -0.05) is 13.8 Å². The SMILES string of the molecule is CCC(CC)N1CC(C)(C)NCC1(C)C. The highest BCUT2D eigenvalue weighted by atomic mass is 15.3. The highest BCUT2D eigenvalue weighted by Gasteiger charge is 2.39. The number of hydrogen-bond acceptors (Lipinski definition) is 2. The average molecular weight is 212 g/mol. The molecule has 2 nitrogen and oxygen atoms in total. The largest absolute Gasteiger partial charge is 0.309 e. The summed E-state index contributed by atoms with van der Waals surface area (Å²) in [6.45, 7) is 16.2. The maximum absolute atomic E-state index is 3.64. The van der Waals surface area contributed by atoms with Crippen molar-refractivity contribution in [1.82, 2.24) is 10.2 Å². The first-order valence-corrected chi connectivity index (χ1v) is 6.34.